The molecule has 90 valence electrons. The molecule has 7 nitrogen and oxygen atoms in total. The van der Waals surface area contributed by atoms with Gasteiger partial charge in [-0.05, 0) is 0 Å². The van der Waals surface area contributed by atoms with E-state index in [9.17, 15) is 9.59 Å². The molecule has 0 aliphatic heterocycles. The maximum Gasteiger partial charge on any atom is 0.326 e. The Bertz CT molecular complexity index is 287. The summed E-state index contributed by atoms with van der Waals surface area (Å²) in [5.41, 5.74) is 0. The quantitative estimate of drug-likeness (QED) is 0.561. The average Bonchev–Trinajstić information content (AvgIpc) is 2.24. The number of rotatable bonds is 6. The van der Waals surface area contributed by atoms with Crippen LogP contribution >= 0.6 is 0 Å². The summed E-state index contributed by atoms with van der Waals surface area (Å²) in [7, 11) is 1.46. The van der Waals surface area contributed by atoms with E-state index in [1.165, 1.54) is 11.9 Å². The number of hydrogen-bond acceptors (Lipinski definition) is 4. The van der Waals surface area contributed by atoms with E-state index < -0.39 is 18.0 Å². The van der Waals surface area contributed by atoms with Crippen molar-refractivity contribution < 1.29 is 19.8 Å². The zero-order valence-corrected chi connectivity index (χ0v) is 9.01. The number of aliphatic hydroxyl groups excluding tert-OH is 1. The van der Waals surface area contributed by atoms with E-state index in [2.05, 4.69) is 5.32 Å². The number of nitrogens with one attached hydrogen (secondary N) is 1. The van der Waals surface area contributed by atoms with Crippen LogP contribution in [0.1, 0.15) is 12.8 Å². The lowest BCUT2D eigenvalue weighted by molar-refractivity contribution is -0.139. The van der Waals surface area contributed by atoms with Crippen molar-refractivity contribution in [3.05, 3.63) is 0 Å². The van der Waals surface area contributed by atoms with Gasteiger partial charge in [-0.2, -0.15) is 5.26 Å². The molecule has 1 atom stereocenters. The molecule has 0 saturated carbocycles. The molecule has 0 unspecified atom stereocenters. The molecule has 0 aliphatic rings. The second-order valence-corrected chi connectivity index (χ2v) is 3.18. The zero-order chi connectivity index (χ0) is 12.6. The van der Waals surface area contributed by atoms with E-state index in [0.29, 0.717) is 0 Å². The van der Waals surface area contributed by atoms with Gasteiger partial charge in [0.2, 0.25) is 0 Å². The highest BCUT2D eigenvalue weighted by Gasteiger charge is 2.20. The van der Waals surface area contributed by atoms with Crippen LogP contribution in [0.15, 0.2) is 0 Å². The number of carbonyl (C=O) groups is 2. The average molecular weight is 229 g/mol. The molecule has 0 aliphatic carbocycles. The largest absolute Gasteiger partial charge is 0.480 e. The van der Waals surface area contributed by atoms with Crippen LogP contribution in [0.4, 0.5) is 4.79 Å². The molecular weight excluding hydrogens is 214 g/mol. The standard InChI is InChI=1S/C9H15N3O4/c1-12(5-2-4-10)9(16)11-7(3-6-13)8(14)15/h7,13H,2-3,5-6H2,1H3,(H,11,16)(H,14,15)/t7-/m1/s1. The third-order valence-electron chi connectivity index (χ3n) is 1.92. The summed E-state index contributed by atoms with van der Waals surface area (Å²) in [5.74, 6) is -1.20. The Morgan fingerprint density at radius 3 is 2.62 bits per heavy atom. The van der Waals surface area contributed by atoms with Gasteiger partial charge in [-0.3, -0.25) is 0 Å². The molecular formula is C9H15N3O4. The number of nitriles is 1. The third kappa shape index (κ3) is 5.17. The van der Waals surface area contributed by atoms with Crippen LogP contribution in [0.25, 0.3) is 0 Å². The van der Waals surface area contributed by atoms with E-state index in [4.69, 9.17) is 15.5 Å². The van der Waals surface area contributed by atoms with E-state index >= 15 is 0 Å². The molecule has 0 aromatic heterocycles. The maximum atomic E-state index is 11.4. The minimum atomic E-state index is -1.20. The molecule has 0 radical (unpaired) electrons. The molecule has 0 fully saturated rings. The van der Waals surface area contributed by atoms with Gasteiger partial charge < -0.3 is 20.4 Å². The molecule has 0 spiro atoms. The summed E-state index contributed by atoms with van der Waals surface area (Å²) < 4.78 is 0. The summed E-state index contributed by atoms with van der Waals surface area (Å²) in [6.45, 7) is -0.0903. The second kappa shape index (κ2) is 7.48. The minimum Gasteiger partial charge on any atom is -0.480 e. The summed E-state index contributed by atoms with van der Waals surface area (Å²) in [6, 6.07) is 0.194. The van der Waals surface area contributed by atoms with Crippen molar-refractivity contribution in [3.63, 3.8) is 0 Å². The molecule has 0 heterocycles. The van der Waals surface area contributed by atoms with Crippen LogP contribution in [-0.2, 0) is 4.79 Å². The normalized spacial score (nSPS) is 11.3. The van der Waals surface area contributed by atoms with E-state index in [1.54, 1.807) is 0 Å². The topological polar surface area (TPSA) is 114 Å². The van der Waals surface area contributed by atoms with Crippen LogP contribution in [0, 0.1) is 11.3 Å². The first kappa shape index (κ1) is 14.2. The number of carbonyl (C=O) groups excluding carboxylic acids is 1. The van der Waals surface area contributed by atoms with Crippen molar-refractivity contribution >= 4 is 12.0 Å². The van der Waals surface area contributed by atoms with E-state index in [0.717, 1.165) is 0 Å². The van der Waals surface area contributed by atoms with Crippen LogP contribution in [0.5, 0.6) is 0 Å². The van der Waals surface area contributed by atoms with Crippen LogP contribution in [0.3, 0.4) is 0 Å². The van der Waals surface area contributed by atoms with Crippen molar-refractivity contribution in [2.45, 2.75) is 18.9 Å². The molecule has 0 aromatic carbocycles. The number of carboxylic acid groups (broad SMARTS) is 1. The maximum absolute atomic E-state index is 11.4. The number of aliphatic hydroxyl groups is 1. The van der Waals surface area contributed by atoms with Gasteiger partial charge in [0.15, 0.2) is 0 Å². The van der Waals surface area contributed by atoms with Crippen LogP contribution < -0.4 is 5.32 Å². The van der Waals surface area contributed by atoms with Crippen LogP contribution in [0.2, 0.25) is 0 Å². The fraction of sp³-hybridized carbons (Fsp3) is 0.667. The summed E-state index contributed by atoms with van der Waals surface area (Å²) in [5, 5.41) is 27.9. The van der Waals surface area contributed by atoms with Gasteiger partial charge in [-0.25, -0.2) is 9.59 Å². The highest BCUT2D eigenvalue weighted by molar-refractivity contribution is 5.82. The van der Waals surface area contributed by atoms with Gasteiger partial charge in [-0.1, -0.05) is 0 Å². The molecule has 0 saturated heterocycles. The smallest absolute Gasteiger partial charge is 0.326 e. The summed E-state index contributed by atoms with van der Waals surface area (Å²) in [4.78, 5) is 23.3. The number of hydrogen-bond donors (Lipinski definition) is 3. The number of aliphatic carboxylic acids is 1. The first-order valence-electron chi connectivity index (χ1n) is 4.75. The Morgan fingerprint density at radius 1 is 1.56 bits per heavy atom. The number of amides is 2. The van der Waals surface area contributed by atoms with Crippen LogP contribution in [-0.4, -0.2) is 53.4 Å². The van der Waals surface area contributed by atoms with Crippen molar-refractivity contribution in [1.82, 2.24) is 10.2 Å². The number of carboxylic acids is 1. The first-order valence-corrected chi connectivity index (χ1v) is 4.75. The monoisotopic (exact) mass is 229 g/mol. The highest BCUT2D eigenvalue weighted by Crippen LogP contribution is 1.95. The lowest BCUT2D eigenvalue weighted by Gasteiger charge is -2.19. The lowest BCUT2D eigenvalue weighted by Crippen LogP contribution is -2.47. The number of nitrogens with zero attached hydrogens (tertiary/aromatic N) is 2. The fourth-order valence-electron chi connectivity index (χ4n) is 0.965. The Balaban J connectivity index is 4.18. The van der Waals surface area contributed by atoms with Crippen molar-refractivity contribution in [2.24, 2.45) is 0 Å². The Kier molecular flexibility index (Phi) is 6.63. The lowest BCUT2D eigenvalue weighted by atomic mass is 10.2. The fourth-order valence-corrected chi connectivity index (χ4v) is 0.965. The molecule has 2 amide bonds. The number of urea groups is 1. The Hall–Kier alpha value is -1.81. The Labute approximate surface area is 93.3 Å². The van der Waals surface area contributed by atoms with Gasteiger partial charge in [0.1, 0.15) is 6.04 Å². The second-order valence-electron chi connectivity index (χ2n) is 3.18. The summed E-state index contributed by atoms with van der Waals surface area (Å²) in [6.07, 6.45) is 0.134. The molecule has 0 bridgehead atoms. The molecule has 16 heavy (non-hydrogen) atoms. The van der Waals surface area contributed by atoms with Crippen molar-refractivity contribution in [3.8, 4) is 6.07 Å². The summed E-state index contributed by atoms with van der Waals surface area (Å²) >= 11 is 0. The van der Waals surface area contributed by atoms with Crippen molar-refractivity contribution in [2.75, 3.05) is 20.2 Å². The molecule has 0 rings (SSSR count). The predicted octanol–water partition coefficient (Wildman–Crippen LogP) is -0.623. The zero-order valence-electron chi connectivity index (χ0n) is 9.01. The SMILES string of the molecule is CN(CCC#N)C(=O)N[C@H](CCO)C(=O)O. The highest BCUT2D eigenvalue weighted by atomic mass is 16.4. The first-order chi connectivity index (χ1) is 7.52. The predicted molar refractivity (Wildman–Crippen MR) is 54.5 cm³/mol. The van der Waals surface area contributed by atoms with Crippen molar-refractivity contribution in [1.29, 1.82) is 5.26 Å². The van der Waals surface area contributed by atoms with Gasteiger partial charge in [-0.15, -0.1) is 0 Å². The van der Waals surface area contributed by atoms with Gasteiger partial charge in [0.05, 0.1) is 12.5 Å². The van der Waals surface area contributed by atoms with Gasteiger partial charge in [0, 0.05) is 26.6 Å². The molecule has 3 N–H and O–H groups in total. The van der Waals surface area contributed by atoms with Gasteiger partial charge in [0.25, 0.3) is 0 Å². The van der Waals surface area contributed by atoms with Gasteiger partial charge >= 0.3 is 12.0 Å². The van der Waals surface area contributed by atoms with E-state index in [-0.39, 0.29) is 26.0 Å². The van der Waals surface area contributed by atoms with E-state index in [1.807, 2.05) is 6.07 Å². The Morgan fingerprint density at radius 2 is 2.19 bits per heavy atom. The minimum absolute atomic E-state index is 0.0484. The third-order valence-corrected chi connectivity index (χ3v) is 1.92. The molecule has 0 aromatic rings. The molecule has 7 heteroatoms.